The third kappa shape index (κ3) is 2.75. The van der Waals surface area contributed by atoms with Gasteiger partial charge in [0.2, 0.25) is 0 Å². The summed E-state index contributed by atoms with van der Waals surface area (Å²) in [5, 5.41) is 4.09. The van der Waals surface area contributed by atoms with Gasteiger partial charge in [-0.2, -0.15) is 11.3 Å². The molecule has 104 valence electrons. The number of carbonyl (C=O) groups excluding carboxylic acids is 1. The number of nitrogens with zero attached hydrogens (tertiary/aromatic N) is 1. The molecule has 4 heteroatoms. The van der Waals surface area contributed by atoms with E-state index in [2.05, 4.69) is 5.38 Å². The zero-order valence-corrected chi connectivity index (χ0v) is 12.1. The van der Waals surface area contributed by atoms with Crippen molar-refractivity contribution in [3.63, 3.8) is 0 Å². The minimum atomic E-state index is -0.266. The van der Waals surface area contributed by atoms with Gasteiger partial charge in [-0.3, -0.25) is 4.79 Å². The van der Waals surface area contributed by atoms with Crippen LogP contribution in [0.15, 0.2) is 35.0 Å². The fraction of sp³-hybridized carbons (Fsp3) is 0.312. The van der Waals surface area contributed by atoms with E-state index in [0.29, 0.717) is 23.7 Å². The van der Waals surface area contributed by atoms with Crippen molar-refractivity contribution >= 4 is 17.2 Å². The smallest absolute Gasteiger partial charge is 0.254 e. The highest BCUT2D eigenvalue weighted by Crippen LogP contribution is 2.30. The van der Waals surface area contributed by atoms with E-state index in [0.717, 1.165) is 18.4 Å². The average Bonchev–Trinajstić information content (AvgIpc) is 3.15. The summed E-state index contributed by atoms with van der Waals surface area (Å²) in [5.74, 6) is -0.265. The van der Waals surface area contributed by atoms with Crippen LogP contribution >= 0.6 is 11.3 Å². The summed E-state index contributed by atoms with van der Waals surface area (Å²) in [5.41, 5.74) is 2.25. The molecule has 1 fully saturated rings. The van der Waals surface area contributed by atoms with Gasteiger partial charge in [0, 0.05) is 18.2 Å². The maximum Gasteiger partial charge on any atom is 0.254 e. The first-order valence-corrected chi connectivity index (χ1v) is 7.67. The molecule has 3 rings (SSSR count). The molecule has 0 saturated heterocycles. The Hall–Kier alpha value is -1.68. The summed E-state index contributed by atoms with van der Waals surface area (Å²) in [7, 11) is 0. The number of aryl methyl sites for hydroxylation is 1. The standard InChI is InChI=1S/C16H16FNOS/c1-11-8-13(2-5-15(11)17)16(19)18(14-3-4-14)9-12-6-7-20-10-12/h2,5-8,10,14H,3-4,9H2,1H3. The molecule has 1 aromatic carbocycles. The minimum absolute atomic E-state index is 0.00167. The molecule has 0 N–H and O–H groups in total. The zero-order valence-electron chi connectivity index (χ0n) is 11.3. The summed E-state index contributed by atoms with van der Waals surface area (Å²) >= 11 is 1.64. The van der Waals surface area contributed by atoms with Crippen molar-refractivity contribution in [2.45, 2.75) is 32.4 Å². The van der Waals surface area contributed by atoms with Gasteiger partial charge in [-0.05, 0) is 65.9 Å². The first-order valence-electron chi connectivity index (χ1n) is 6.73. The van der Waals surface area contributed by atoms with Crippen molar-refractivity contribution in [1.82, 2.24) is 4.90 Å². The molecule has 2 nitrogen and oxygen atoms in total. The summed E-state index contributed by atoms with van der Waals surface area (Å²) in [6.45, 7) is 2.33. The van der Waals surface area contributed by atoms with Gasteiger partial charge >= 0.3 is 0 Å². The third-order valence-electron chi connectivity index (χ3n) is 3.59. The van der Waals surface area contributed by atoms with Crippen LogP contribution in [0.5, 0.6) is 0 Å². The molecule has 0 aliphatic heterocycles. The second-order valence-electron chi connectivity index (χ2n) is 5.26. The summed E-state index contributed by atoms with van der Waals surface area (Å²) in [4.78, 5) is 14.5. The first-order chi connectivity index (χ1) is 9.65. The molecule has 1 heterocycles. The quantitative estimate of drug-likeness (QED) is 0.833. The number of hydrogen-bond donors (Lipinski definition) is 0. The van der Waals surface area contributed by atoms with Gasteiger partial charge < -0.3 is 4.90 Å². The molecule has 2 aromatic rings. The van der Waals surface area contributed by atoms with Crippen LogP contribution in [0.25, 0.3) is 0 Å². The Morgan fingerprint density at radius 2 is 2.20 bits per heavy atom. The van der Waals surface area contributed by atoms with Crippen LogP contribution in [0.3, 0.4) is 0 Å². The molecule has 0 unspecified atom stereocenters. The van der Waals surface area contributed by atoms with E-state index in [4.69, 9.17) is 0 Å². The van der Waals surface area contributed by atoms with E-state index in [9.17, 15) is 9.18 Å². The molecule has 0 spiro atoms. The highest BCUT2D eigenvalue weighted by Gasteiger charge is 2.33. The average molecular weight is 289 g/mol. The summed E-state index contributed by atoms with van der Waals surface area (Å²) in [6.07, 6.45) is 2.13. The van der Waals surface area contributed by atoms with E-state index in [-0.39, 0.29) is 11.7 Å². The Kier molecular flexibility index (Phi) is 3.57. The number of hydrogen-bond acceptors (Lipinski definition) is 2. The fourth-order valence-electron chi connectivity index (χ4n) is 2.28. The van der Waals surface area contributed by atoms with Gasteiger partial charge in [0.05, 0.1) is 0 Å². The number of carbonyl (C=O) groups is 1. The summed E-state index contributed by atoms with van der Waals surface area (Å²) < 4.78 is 13.3. The fourth-order valence-corrected chi connectivity index (χ4v) is 2.94. The molecule has 0 radical (unpaired) electrons. The predicted molar refractivity (Wildman–Crippen MR) is 78.4 cm³/mol. The number of thiophene rings is 1. The molecular formula is C16H16FNOS. The monoisotopic (exact) mass is 289 g/mol. The third-order valence-corrected chi connectivity index (χ3v) is 4.32. The molecule has 1 amide bonds. The van der Waals surface area contributed by atoms with Crippen LogP contribution in [0.4, 0.5) is 4.39 Å². The Labute approximate surface area is 121 Å². The van der Waals surface area contributed by atoms with Crippen LogP contribution < -0.4 is 0 Å². The normalized spacial score (nSPS) is 14.3. The van der Waals surface area contributed by atoms with Crippen LogP contribution in [-0.4, -0.2) is 16.8 Å². The minimum Gasteiger partial charge on any atom is -0.331 e. The highest BCUT2D eigenvalue weighted by atomic mass is 32.1. The van der Waals surface area contributed by atoms with Gasteiger partial charge in [-0.15, -0.1) is 0 Å². The Balaban J connectivity index is 1.83. The molecule has 1 aromatic heterocycles. The van der Waals surface area contributed by atoms with E-state index in [1.165, 1.54) is 6.07 Å². The molecular weight excluding hydrogens is 273 g/mol. The molecule has 0 atom stereocenters. The number of halogens is 1. The van der Waals surface area contributed by atoms with Crippen LogP contribution in [-0.2, 0) is 6.54 Å². The number of amides is 1. The Morgan fingerprint density at radius 3 is 2.80 bits per heavy atom. The van der Waals surface area contributed by atoms with E-state index in [1.54, 1.807) is 30.4 Å². The Morgan fingerprint density at radius 1 is 1.40 bits per heavy atom. The molecule has 1 saturated carbocycles. The maximum absolute atomic E-state index is 13.3. The Bertz CT molecular complexity index is 619. The van der Waals surface area contributed by atoms with Gasteiger partial charge in [-0.25, -0.2) is 4.39 Å². The van der Waals surface area contributed by atoms with Gasteiger partial charge in [-0.1, -0.05) is 0 Å². The highest BCUT2D eigenvalue weighted by molar-refractivity contribution is 7.07. The van der Waals surface area contributed by atoms with Crippen LogP contribution in [0.2, 0.25) is 0 Å². The lowest BCUT2D eigenvalue weighted by atomic mass is 10.1. The predicted octanol–water partition coefficient (Wildman–Crippen LogP) is 4.00. The van der Waals surface area contributed by atoms with Crippen molar-refractivity contribution in [2.24, 2.45) is 0 Å². The number of benzene rings is 1. The van der Waals surface area contributed by atoms with Crippen molar-refractivity contribution in [2.75, 3.05) is 0 Å². The zero-order chi connectivity index (χ0) is 14.1. The molecule has 20 heavy (non-hydrogen) atoms. The summed E-state index contributed by atoms with van der Waals surface area (Å²) in [6, 6.07) is 6.98. The van der Waals surface area contributed by atoms with Gasteiger partial charge in [0.25, 0.3) is 5.91 Å². The topological polar surface area (TPSA) is 20.3 Å². The SMILES string of the molecule is Cc1cc(C(=O)N(Cc2ccsc2)C2CC2)ccc1F. The van der Waals surface area contributed by atoms with Gasteiger partial charge in [0.1, 0.15) is 5.82 Å². The number of rotatable bonds is 4. The lowest BCUT2D eigenvalue weighted by Gasteiger charge is -2.22. The van der Waals surface area contributed by atoms with Crippen LogP contribution in [0.1, 0.15) is 34.3 Å². The van der Waals surface area contributed by atoms with Gasteiger partial charge in [0.15, 0.2) is 0 Å². The van der Waals surface area contributed by atoms with E-state index in [1.807, 2.05) is 16.3 Å². The van der Waals surface area contributed by atoms with Crippen molar-refractivity contribution in [1.29, 1.82) is 0 Å². The van der Waals surface area contributed by atoms with Crippen molar-refractivity contribution < 1.29 is 9.18 Å². The van der Waals surface area contributed by atoms with Crippen LogP contribution in [0, 0.1) is 12.7 Å². The van der Waals surface area contributed by atoms with Crippen molar-refractivity contribution in [3.05, 3.63) is 57.5 Å². The second kappa shape index (κ2) is 5.37. The first kappa shape index (κ1) is 13.3. The maximum atomic E-state index is 13.3. The van der Waals surface area contributed by atoms with E-state index < -0.39 is 0 Å². The van der Waals surface area contributed by atoms with Crippen molar-refractivity contribution in [3.8, 4) is 0 Å². The lowest BCUT2D eigenvalue weighted by molar-refractivity contribution is 0.0730. The van der Waals surface area contributed by atoms with E-state index >= 15 is 0 Å². The lowest BCUT2D eigenvalue weighted by Crippen LogP contribution is -2.32. The molecule has 0 bridgehead atoms. The molecule has 1 aliphatic rings. The second-order valence-corrected chi connectivity index (χ2v) is 6.04. The molecule has 1 aliphatic carbocycles. The largest absolute Gasteiger partial charge is 0.331 e.